The molecule has 0 aliphatic carbocycles. The van der Waals surface area contributed by atoms with Gasteiger partial charge in [-0.05, 0) is 13.3 Å². The lowest BCUT2D eigenvalue weighted by Crippen LogP contribution is -2.23. The number of imidazole rings is 1. The van der Waals surface area contributed by atoms with E-state index in [0.29, 0.717) is 0 Å². The van der Waals surface area contributed by atoms with Crippen LogP contribution in [0.3, 0.4) is 0 Å². The highest BCUT2D eigenvalue weighted by molar-refractivity contribution is 5.60. The molecule has 5 nitrogen and oxygen atoms in total. The van der Waals surface area contributed by atoms with Gasteiger partial charge in [-0.25, -0.2) is 9.13 Å². The topological polar surface area (TPSA) is 80.4 Å². The second-order valence-corrected chi connectivity index (χ2v) is 3.16. The average molecular weight is 216 g/mol. The maximum absolute atomic E-state index is 8.89. The van der Waals surface area contributed by atoms with Gasteiger partial charge in [0.2, 0.25) is 6.33 Å². The van der Waals surface area contributed by atoms with Crippen LogP contribution in [0, 0.1) is 0 Å². The first-order chi connectivity index (χ1) is 6.56. The van der Waals surface area contributed by atoms with E-state index in [-0.39, 0.29) is 5.48 Å². The molecule has 0 saturated heterocycles. The van der Waals surface area contributed by atoms with Gasteiger partial charge in [0.05, 0.1) is 13.6 Å². The SMILES string of the molecule is CC(=O)[O-].CCCCn1cc[n+](C)c1.O. The molecule has 0 atom stereocenters. The molecule has 2 N–H and O–H groups in total. The maximum Gasteiger partial charge on any atom is 0.243 e. The number of rotatable bonds is 3. The summed E-state index contributed by atoms with van der Waals surface area (Å²) in [7, 11) is 2.04. The monoisotopic (exact) mass is 216 g/mol. The molecule has 88 valence electrons. The number of hydrogen-bond donors (Lipinski definition) is 0. The number of carboxylic acid groups (broad SMARTS) is 1. The predicted octanol–water partition coefficient (Wildman–Crippen LogP) is -0.956. The summed E-state index contributed by atoms with van der Waals surface area (Å²) < 4.78 is 4.28. The fourth-order valence-corrected chi connectivity index (χ4v) is 0.975. The number of carbonyl (C=O) groups is 1. The quantitative estimate of drug-likeness (QED) is 0.610. The van der Waals surface area contributed by atoms with Crippen molar-refractivity contribution < 1.29 is 19.9 Å². The molecule has 1 aromatic heterocycles. The lowest BCUT2D eigenvalue weighted by Gasteiger charge is -1.90. The van der Waals surface area contributed by atoms with Crippen molar-refractivity contribution in [1.82, 2.24) is 4.57 Å². The second-order valence-electron chi connectivity index (χ2n) is 3.16. The largest absolute Gasteiger partial charge is 0.550 e. The van der Waals surface area contributed by atoms with Crippen LogP contribution in [0.2, 0.25) is 0 Å². The van der Waals surface area contributed by atoms with Gasteiger partial charge in [-0.1, -0.05) is 13.3 Å². The van der Waals surface area contributed by atoms with E-state index in [1.165, 1.54) is 12.8 Å². The lowest BCUT2D eigenvalue weighted by atomic mass is 10.3. The highest BCUT2D eigenvalue weighted by atomic mass is 16.4. The molecule has 0 aliphatic heterocycles. The Hall–Kier alpha value is -1.36. The highest BCUT2D eigenvalue weighted by Gasteiger charge is 1.96. The Labute approximate surface area is 90.3 Å². The number of nitrogens with zero attached hydrogens (tertiary/aromatic N) is 2. The van der Waals surface area contributed by atoms with E-state index < -0.39 is 5.97 Å². The first-order valence-electron chi connectivity index (χ1n) is 4.74. The van der Waals surface area contributed by atoms with Crippen molar-refractivity contribution in [2.75, 3.05) is 0 Å². The van der Waals surface area contributed by atoms with Gasteiger partial charge in [0.15, 0.2) is 0 Å². The number of unbranched alkanes of at least 4 members (excludes halogenated alkanes) is 1. The molecule has 0 bridgehead atoms. The molecule has 0 unspecified atom stereocenters. The van der Waals surface area contributed by atoms with Crippen LogP contribution in [0.1, 0.15) is 26.7 Å². The van der Waals surface area contributed by atoms with Crippen molar-refractivity contribution in [3.63, 3.8) is 0 Å². The molecule has 0 amide bonds. The molecule has 0 radical (unpaired) electrons. The van der Waals surface area contributed by atoms with Gasteiger partial charge in [0.25, 0.3) is 0 Å². The number of carbonyl (C=O) groups excluding carboxylic acids is 1. The van der Waals surface area contributed by atoms with E-state index in [2.05, 4.69) is 34.8 Å². The maximum atomic E-state index is 8.89. The van der Waals surface area contributed by atoms with Gasteiger partial charge in [0, 0.05) is 5.97 Å². The van der Waals surface area contributed by atoms with Crippen LogP contribution >= 0.6 is 0 Å². The van der Waals surface area contributed by atoms with Crippen LogP contribution in [0.25, 0.3) is 0 Å². The Bertz CT molecular complexity index is 267. The van der Waals surface area contributed by atoms with Crippen molar-refractivity contribution in [3.05, 3.63) is 18.7 Å². The van der Waals surface area contributed by atoms with E-state index >= 15 is 0 Å². The molecule has 1 rings (SSSR count). The van der Waals surface area contributed by atoms with Crippen LogP contribution in [0.5, 0.6) is 0 Å². The number of aromatic nitrogens is 2. The van der Waals surface area contributed by atoms with Gasteiger partial charge in [0.1, 0.15) is 12.4 Å². The van der Waals surface area contributed by atoms with Gasteiger partial charge >= 0.3 is 0 Å². The van der Waals surface area contributed by atoms with E-state index in [4.69, 9.17) is 9.90 Å². The Morgan fingerprint density at radius 3 is 2.40 bits per heavy atom. The summed E-state index contributed by atoms with van der Waals surface area (Å²) in [6, 6.07) is 0. The summed E-state index contributed by atoms with van der Waals surface area (Å²) in [5.41, 5.74) is 0. The molecular formula is C10H20N2O3. The molecule has 1 aromatic rings. The minimum absolute atomic E-state index is 0. The van der Waals surface area contributed by atoms with Crippen molar-refractivity contribution in [2.45, 2.75) is 33.2 Å². The molecule has 0 saturated carbocycles. The minimum atomic E-state index is -1.08. The molecule has 15 heavy (non-hydrogen) atoms. The third-order valence-corrected chi connectivity index (χ3v) is 1.59. The molecule has 0 fully saturated rings. The van der Waals surface area contributed by atoms with E-state index in [0.717, 1.165) is 13.5 Å². The Morgan fingerprint density at radius 2 is 2.07 bits per heavy atom. The molecule has 0 spiro atoms. The number of aryl methyl sites for hydroxylation is 2. The van der Waals surface area contributed by atoms with Crippen LogP contribution < -0.4 is 9.67 Å². The van der Waals surface area contributed by atoms with E-state index in [9.17, 15) is 0 Å². The van der Waals surface area contributed by atoms with Crippen LogP contribution in [-0.4, -0.2) is 16.0 Å². The van der Waals surface area contributed by atoms with Gasteiger partial charge in [-0.2, -0.15) is 0 Å². The number of aliphatic carboxylic acids is 1. The molecule has 1 heterocycles. The summed E-state index contributed by atoms with van der Waals surface area (Å²) >= 11 is 0. The van der Waals surface area contributed by atoms with Crippen LogP contribution in [0.4, 0.5) is 0 Å². The fourth-order valence-electron chi connectivity index (χ4n) is 0.975. The summed E-state index contributed by atoms with van der Waals surface area (Å²) in [5.74, 6) is -1.08. The summed E-state index contributed by atoms with van der Waals surface area (Å²) in [6.45, 7) is 4.33. The molecular weight excluding hydrogens is 196 g/mol. The third-order valence-electron chi connectivity index (χ3n) is 1.59. The molecule has 0 aliphatic rings. The predicted molar refractivity (Wildman–Crippen MR) is 54.8 cm³/mol. The van der Waals surface area contributed by atoms with E-state index in [1.807, 2.05) is 7.05 Å². The van der Waals surface area contributed by atoms with Crippen LogP contribution in [-0.2, 0) is 18.4 Å². The Morgan fingerprint density at radius 1 is 1.53 bits per heavy atom. The average Bonchev–Trinajstić information content (AvgIpc) is 2.47. The number of hydrogen-bond acceptors (Lipinski definition) is 2. The van der Waals surface area contributed by atoms with E-state index in [1.54, 1.807) is 0 Å². The standard InChI is InChI=1S/C8H15N2.C2H4O2.H2O/c1-3-4-5-10-7-6-9(2)8-10;1-2(3)4;/h6-8H,3-5H2,1-2H3;1H3,(H,3,4);1H2/q+1;;/p-1. The summed E-state index contributed by atoms with van der Waals surface area (Å²) in [4.78, 5) is 8.89. The van der Waals surface area contributed by atoms with Crippen molar-refractivity contribution in [3.8, 4) is 0 Å². The van der Waals surface area contributed by atoms with Crippen LogP contribution in [0.15, 0.2) is 18.7 Å². The zero-order valence-electron chi connectivity index (χ0n) is 9.56. The first-order valence-corrected chi connectivity index (χ1v) is 4.74. The lowest BCUT2D eigenvalue weighted by molar-refractivity contribution is -0.671. The van der Waals surface area contributed by atoms with Crippen molar-refractivity contribution in [2.24, 2.45) is 7.05 Å². The Balaban J connectivity index is 0. The highest BCUT2D eigenvalue weighted by Crippen LogP contribution is 1.91. The summed E-state index contributed by atoms with van der Waals surface area (Å²) in [6.07, 6.45) is 8.82. The van der Waals surface area contributed by atoms with Crippen molar-refractivity contribution >= 4 is 5.97 Å². The first kappa shape index (κ1) is 16.1. The summed E-state index contributed by atoms with van der Waals surface area (Å²) in [5, 5.41) is 8.89. The van der Waals surface area contributed by atoms with Gasteiger partial charge in [-0.3, -0.25) is 0 Å². The molecule has 0 aromatic carbocycles. The Kier molecular flexibility index (Phi) is 9.87. The number of carboxylic acids is 1. The van der Waals surface area contributed by atoms with Crippen molar-refractivity contribution in [1.29, 1.82) is 0 Å². The van der Waals surface area contributed by atoms with Gasteiger partial charge in [-0.15, -0.1) is 0 Å². The zero-order valence-corrected chi connectivity index (χ0v) is 9.56. The zero-order chi connectivity index (χ0) is 11.0. The smallest absolute Gasteiger partial charge is 0.243 e. The van der Waals surface area contributed by atoms with Gasteiger partial charge < -0.3 is 15.4 Å². The third kappa shape index (κ3) is 10.6. The minimum Gasteiger partial charge on any atom is -0.550 e. The second kappa shape index (κ2) is 9.21. The normalized spacial score (nSPS) is 8.47. The fraction of sp³-hybridized carbons (Fsp3) is 0.600. The molecule has 5 heteroatoms.